The van der Waals surface area contributed by atoms with Gasteiger partial charge in [-0.2, -0.15) is 0 Å². The molecular weight excluding hydrogens is 421 g/mol. The van der Waals surface area contributed by atoms with E-state index in [9.17, 15) is 9.59 Å². The van der Waals surface area contributed by atoms with E-state index in [4.69, 9.17) is 42.1 Å². The van der Waals surface area contributed by atoms with Gasteiger partial charge in [0, 0.05) is 17.5 Å². The summed E-state index contributed by atoms with van der Waals surface area (Å²) in [6, 6.07) is 9.83. The van der Waals surface area contributed by atoms with Crippen LogP contribution >= 0.6 is 23.2 Å². The SMILES string of the molecule is COc1ccc(NC(=O)COC(=O)CCCOc2ccc(Cl)cc2Cl)c(OC)c1. The Morgan fingerprint density at radius 3 is 2.48 bits per heavy atom. The third-order valence-corrected chi connectivity index (χ3v) is 4.25. The largest absolute Gasteiger partial charge is 0.497 e. The smallest absolute Gasteiger partial charge is 0.306 e. The quantitative estimate of drug-likeness (QED) is 0.435. The van der Waals surface area contributed by atoms with Crippen molar-refractivity contribution in [3.8, 4) is 17.2 Å². The molecule has 156 valence electrons. The van der Waals surface area contributed by atoms with E-state index in [0.29, 0.717) is 39.4 Å². The molecule has 2 rings (SSSR count). The van der Waals surface area contributed by atoms with E-state index in [1.54, 1.807) is 36.4 Å². The Morgan fingerprint density at radius 2 is 1.79 bits per heavy atom. The van der Waals surface area contributed by atoms with E-state index in [0.717, 1.165) is 0 Å². The van der Waals surface area contributed by atoms with E-state index in [2.05, 4.69) is 5.32 Å². The van der Waals surface area contributed by atoms with Crippen molar-refractivity contribution in [1.82, 2.24) is 0 Å². The van der Waals surface area contributed by atoms with Crippen molar-refractivity contribution < 1.29 is 28.5 Å². The molecule has 0 spiro atoms. The highest BCUT2D eigenvalue weighted by Crippen LogP contribution is 2.29. The van der Waals surface area contributed by atoms with Crippen LogP contribution in [-0.4, -0.2) is 39.3 Å². The molecule has 9 heteroatoms. The molecule has 0 aromatic heterocycles. The van der Waals surface area contributed by atoms with Crippen molar-refractivity contribution in [2.75, 3.05) is 32.8 Å². The summed E-state index contributed by atoms with van der Waals surface area (Å²) in [6.07, 6.45) is 0.510. The molecule has 0 fully saturated rings. The lowest BCUT2D eigenvalue weighted by atomic mass is 10.2. The maximum Gasteiger partial charge on any atom is 0.306 e. The fourth-order valence-electron chi connectivity index (χ4n) is 2.30. The van der Waals surface area contributed by atoms with Crippen LogP contribution in [-0.2, 0) is 14.3 Å². The molecule has 0 aliphatic carbocycles. The lowest BCUT2D eigenvalue weighted by Gasteiger charge is -2.12. The first-order valence-electron chi connectivity index (χ1n) is 8.68. The van der Waals surface area contributed by atoms with Gasteiger partial charge in [0.15, 0.2) is 6.61 Å². The summed E-state index contributed by atoms with van der Waals surface area (Å²) in [7, 11) is 3.01. The Bertz CT molecular complexity index is 859. The summed E-state index contributed by atoms with van der Waals surface area (Å²) >= 11 is 11.8. The summed E-state index contributed by atoms with van der Waals surface area (Å²) in [5.41, 5.74) is 0.447. The van der Waals surface area contributed by atoms with Crippen molar-refractivity contribution in [2.45, 2.75) is 12.8 Å². The lowest BCUT2D eigenvalue weighted by molar-refractivity contribution is -0.147. The number of hydrogen-bond donors (Lipinski definition) is 1. The number of benzene rings is 2. The first kappa shape index (κ1) is 22.6. The molecule has 2 aromatic rings. The number of carbonyl (C=O) groups is 2. The predicted molar refractivity (Wildman–Crippen MR) is 110 cm³/mol. The van der Waals surface area contributed by atoms with E-state index in [1.807, 2.05) is 0 Å². The number of halogens is 2. The van der Waals surface area contributed by atoms with Gasteiger partial charge >= 0.3 is 5.97 Å². The van der Waals surface area contributed by atoms with Crippen LogP contribution in [0, 0.1) is 0 Å². The molecule has 0 aliphatic rings. The third-order valence-electron chi connectivity index (χ3n) is 3.72. The van der Waals surface area contributed by atoms with Gasteiger partial charge in [-0.15, -0.1) is 0 Å². The zero-order chi connectivity index (χ0) is 21.2. The van der Waals surface area contributed by atoms with Crippen molar-refractivity contribution in [3.05, 3.63) is 46.4 Å². The molecule has 1 N–H and O–H groups in total. The number of anilines is 1. The standard InChI is InChI=1S/C20H21Cl2NO6/c1-26-14-6-7-16(18(11-14)27-2)23-19(24)12-29-20(25)4-3-9-28-17-8-5-13(21)10-15(17)22/h5-8,10-11H,3-4,9,12H2,1-2H3,(H,23,24). The predicted octanol–water partition coefficient (Wildman–Crippen LogP) is 4.35. The molecule has 0 heterocycles. The van der Waals surface area contributed by atoms with Gasteiger partial charge in [0.25, 0.3) is 5.91 Å². The second-order valence-electron chi connectivity index (χ2n) is 5.80. The third kappa shape index (κ3) is 7.36. The Labute approximate surface area is 178 Å². The van der Waals surface area contributed by atoms with E-state index >= 15 is 0 Å². The number of esters is 1. The molecular formula is C20H21Cl2NO6. The molecule has 0 radical (unpaired) electrons. The van der Waals surface area contributed by atoms with Crippen LogP contribution in [0.25, 0.3) is 0 Å². The zero-order valence-electron chi connectivity index (χ0n) is 16.0. The highest BCUT2D eigenvalue weighted by atomic mass is 35.5. The van der Waals surface area contributed by atoms with Crippen LogP contribution in [0.5, 0.6) is 17.2 Å². The molecule has 1 amide bonds. The van der Waals surface area contributed by atoms with Gasteiger partial charge in [-0.25, -0.2) is 0 Å². The summed E-state index contributed by atoms with van der Waals surface area (Å²) in [5, 5.41) is 3.53. The van der Waals surface area contributed by atoms with Gasteiger partial charge in [-0.1, -0.05) is 23.2 Å². The van der Waals surface area contributed by atoms with Crippen LogP contribution in [0.1, 0.15) is 12.8 Å². The van der Waals surface area contributed by atoms with E-state index < -0.39 is 18.5 Å². The summed E-state index contributed by atoms with van der Waals surface area (Å²) < 4.78 is 20.8. The number of methoxy groups -OCH3 is 2. The van der Waals surface area contributed by atoms with E-state index in [-0.39, 0.29) is 13.0 Å². The average molecular weight is 442 g/mol. The van der Waals surface area contributed by atoms with Crippen LogP contribution in [0.3, 0.4) is 0 Å². The molecule has 0 saturated heterocycles. The Kier molecular flexibility index (Phi) is 8.89. The molecule has 29 heavy (non-hydrogen) atoms. The van der Waals surface area contributed by atoms with Gasteiger partial charge in [-0.05, 0) is 36.8 Å². The number of carbonyl (C=O) groups excluding carboxylic acids is 2. The van der Waals surface area contributed by atoms with Crippen LogP contribution in [0.4, 0.5) is 5.69 Å². The number of nitrogens with one attached hydrogen (secondary N) is 1. The topological polar surface area (TPSA) is 83.1 Å². The highest BCUT2D eigenvalue weighted by Gasteiger charge is 2.12. The lowest BCUT2D eigenvalue weighted by Crippen LogP contribution is -2.21. The van der Waals surface area contributed by atoms with Crippen molar-refractivity contribution in [1.29, 1.82) is 0 Å². The molecule has 0 atom stereocenters. The van der Waals surface area contributed by atoms with Gasteiger partial charge in [-0.3, -0.25) is 9.59 Å². The van der Waals surface area contributed by atoms with Crippen molar-refractivity contribution in [3.63, 3.8) is 0 Å². The first-order chi connectivity index (χ1) is 13.9. The Hall–Kier alpha value is -2.64. The first-order valence-corrected chi connectivity index (χ1v) is 9.44. The second kappa shape index (κ2) is 11.4. The van der Waals surface area contributed by atoms with Gasteiger partial charge < -0.3 is 24.3 Å². The fourth-order valence-corrected chi connectivity index (χ4v) is 2.76. The maximum atomic E-state index is 12.0. The van der Waals surface area contributed by atoms with Crippen LogP contribution < -0.4 is 19.5 Å². The molecule has 0 saturated carbocycles. The molecule has 7 nitrogen and oxygen atoms in total. The monoisotopic (exact) mass is 441 g/mol. The normalized spacial score (nSPS) is 10.2. The van der Waals surface area contributed by atoms with Crippen LogP contribution in [0.2, 0.25) is 10.0 Å². The zero-order valence-corrected chi connectivity index (χ0v) is 17.5. The highest BCUT2D eigenvalue weighted by molar-refractivity contribution is 6.35. The molecule has 0 unspecified atom stereocenters. The van der Waals surface area contributed by atoms with Gasteiger partial charge in [0.2, 0.25) is 0 Å². The Morgan fingerprint density at radius 1 is 1.00 bits per heavy atom. The van der Waals surface area contributed by atoms with Crippen molar-refractivity contribution in [2.24, 2.45) is 0 Å². The number of rotatable bonds is 10. The summed E-state index contributed by atoms with van der Waals surface area (Å²) in [4.78, 5) is 23.8. The number of hydrogen-bond acceptors (Lipinski definition) is 6. The van der Waals surface area contributed by atoms with Gasteiger partial charge in [0.05, 0.1) is 31.5 Å². The number of ether oxygens (including phenoxy) is 4. The average Bonchev–Trinajstić information content (AvgIpc) is 2.71. The minimum Gasteiger partial charge on any atom is -0.497 e. The molecule has 0 aliphatic heterocycles. The number of amides is 1. The van der Waals surface area contributed by atoms with Gasteiger partial charge in [0.1, 0.15) is 17.2 Å². The molecule has 2 aromatic carbocycles. The minimum absolute atomic E-state index is 0.102. The summed E-state index contributed by atoms with van der Waals surface area (Å²) in [5.74, 6) is 0.520. The Balaban J connectivity index is 1.70. The second-order valence-corrected chi connectivity index (χ2v) is 6.65. The maximum absolute atomic E-state index is 12.0. The van der Waals surface area contributed by atoms with Crippen molar-refractivity contribution >= 4 is 40.8 Å². The van der Waals surface area contributed by atoms with Crippen LogP contribution in [0.15, 0.2) is 36.4 Å². The van der Waals surface area contributed by atoms with E-state index in [1.165, 1.54) is 14.2 Å². The summed E-state index contributed by atoms with van der Waals surface area (Å²) in [6.45, 7) is -0.135. The fraction of sp³-hybridized carbons (Fsp3) is 0.300. The molecule has 0 bridgehead atoms. The minimum atomic E-state index is -0.507.